The van der Waals surface area contributed by atoms with Gasteiger partial charge in [-0.05, 0) is 19.1 Å². The number of carbonyl (C=O) groups is 1. The molecular weight excluding hydrogens is 180 g/mol. The fraction of sp³-hybridized carbons (Fsp3) is 0.0909. The molecule has 0 fully saturated rings. The van der Waals surface area contributed by atoms with Gasteiger partial charge in [0, 0.05) is 11.6 Å². The third-order valence-corrected chi connectivity index (χ3v) is 2.07. The zero-order valence-corrected chi connectivity index (χ0v) is 7.61. The van der Waals surface area contributed by atoms with Gasteiger partial charge in [-0.3, -0.25) is 9.59 Å². The van der Waals surface area contributed by atoms with Gasteiger partial charge >= 0.3 is 0 Å². The quantitative estimate of drug-likeness (QED) is 0.643. The summed E-state index contributed by atoms with van der Waals surface area (Å²) >= 11 is 0. The summed E-state index contributed by atoms with van der Waals surface area (Å²) in [6.45, 7) is 1.47. The van der Waals surface area contributed by atoms with Crippen LogP contribution in [0.4, 0.5) is 0 Å². The molecule has 2 rings (SSSR count). The predicted molar refractivity (Wildman–Crippen MR) is 52.5 cm³/mol. The number of Topliss-reactive ketones (excluding diaryl/α,β-unsaturated/α-hetero) is 1. The van der Waals surface area contributed by atoms with Crippen molar-refractivity contribution >= 4 is 16.8 Å². The lowest BCUT2D eigenvalue weighted by Gasteiger charge is -1.97. The summed E-state index contributed by atoms with van der Waals surface area (Å²) in [5.74, 6) is -0.0431. The smallest absolute Gasteiger partial charge is 0.192 e. The second kappa shape index (κ2) is 3.10. The van der Waals surface area contributed by atoms with E-state index in [4.69, 9.17) is 4.42 Å². The van der Waals surface area contributed by atoms with Crippen molar-refractivity contribution < 1.29 is 9.21 Å². The molecule has 0 saturated carbocycles. The van der Waals surface area contributed by atoms with Crippen molar-refractivity contribution in [2.24, 2.45) is 0 Å². The molecule has 0 N–H and O–H groups in total. The van der Waals surface area contributed by atoms with E-state index in [0.29, 0.717) is 16.5 Å². The molecule has 2 aromatic rings. The van der Waals surface area contributed by atoms with Crippen LogP contribution < -0.4 is 5.43 Å². The van der Waals surface area contributed by atoms with Crippen LogP contribution >= 0.6 is 0 Å². The van der Waals surface area contributed by atoms with Crippen molar-refractivity contribution in [3.63, 3.8) is 0 Å². The van der Waals surface area contributed by atoms with Gasteiger partial charge in [-0.2, -0.15) is 0 Å². The van der Waals surface area contributed by atoms with Crippen LogP contribution in [-0.2, 0) is 0 Å². The first-order valence-corrected chi connectivity index (χ1v) is 4.21. The van der Waals surface area contributed by atoms with Gasteiger partial charge in [0.05, 0.1) is 11.6 Å². The molecule has 3 nitrogen and oxygen atoms in total. The molecule has 0 aliphatic rings. The van der Waals surface area contributed by atoms with E-state index in [1.807, 2.05) is 0 Å². The Kier molecular flexibility index (Phi) is 1.93. The minimum Gasteiger partial charge on any atom is -0.464 e. The van der Waals surface area contributed by atoms with Crippen LogP contribution in [0.15, 0.2) is 39.7 Å². The number of fused-ring (bicyclic) bond motifs is 1. The molecule has 0 saturated heterocycles. The highest BCUT2D eigenvalue weighted by molar-refractivity contribution is 5.97. The molecule has 0 unspecified atom stereocenters. The normalized spacial score (nSPS) is 10.4. The van der Waals surface area contributed by atoms with Crippen LogP contribution in [0, 0.1) is 0 Å². The fourth-order valence-corrected chi connectivity index (χ4v) is 1.30. The lowest BCUT2D eigenvalue weighted by atomic mass is 10.1. The largest absolute Gasteiger partial charge is 0.464 e. The number of benzene rings is 1. The molecule has 14 heavy (non-hydrogen) atoms. The maximum Gasteiger partial charge on any atom is 0.192 e. The van der Waals surface area contributed by atoms with E-state index < -0.39 is 0 Å². The Morgan fingerprint density at radius 1 is 1.29 bits per heavy atom. The zero-order chi connectivity index (χ0) is 10.1. The summed E-state index contributed by atoms with van der Waals surface area (Å²) < 4.78 is 5.13. The van der Waals surface area contributed by atoms with Gasteiger partial charge in [0.1, 0.15) is 5.58 Å². The number of rotatable bonds is 1. The lowest BCUT2D eigenvalue weighted by molar-refractivity contribution is 0.101. The lowest BCUT2D eigenvalue weighted by Crippen LogP contribution is -1.99. The maximum atomic E-state index is 11.3. The van der Waals surface area contributed by atoms with Crippen molar-refractivity contribution in [3.05, 3.63) is 46.3 Å². The van der Waals surface area contributed by atoms with Gasteiger partial charge in [-0.1, -0.05) is 6.07 Å². The van der Waals surface area contributed by atoms with Crippen LogP contribution in [0.2, 0.25) is 0 Å². The minimum absolute atomic E-state index is 0.0431. The first-order chi connectivity index (χ1) is 6.68. The Labute approximate surface area is 80.0 Å². The van der Waals surface area contributed by atoms with E-state index in [2.05, 4.69) is 0 Å². The summed E-state index contributed by atoms with van der Waals surface area (Å²) in [5, 5.41) is 0.498. The van der Waals surface area contributed by atoms with Gasteiger partial charge in [0.2, 0.25) is 0 Å². The van der Waals surface area contributed by atoms with Crippen LogP contribution in [0.1, 0.15) is 17.3 Å². The third kappa shape index (κ3) is 1.33. The highest BCUT2D eigenvalue weighted by Gasteiger charge is 2.03. The number of hydrogen-bond acceptors (Lipinski definition) is 3. The maximum absolute atomic E-state index is 11.3. The van der Waals surface area contributed by atoms with E-state index in [9.17, 15) is 9.59 Å². The summed E-state index contributed by atoms with van der Waals surface area (Å²) in [4.78, 5) is 22.4. The monoisotopic (exact) mass is 188 g/mol. The molecule has 1 heterocycles. The highest BCUT2D eigenvalue weighted by atomic mass is 16.3. The topological polar surface area (TPSA) is 47.3 Å². The van der Waals surface area contributed by atoms with E-state index >= 15 is 0 Å². The molecule has 0 spiro atoms. The Morgan fingerprint density at radius 3 is 2.79 bits per heavy atom. The Morgan fingerprint density at radius 2 is 2.07 bits per heavy atom. The molecule has 1 aromatic heterocycles. The fourth-order valence-electron chi connectivity index (χ4n) is 1.30. The van der Waals surface area contributed by atoms with E-state index in [-0.39, 0.29) is 11.2 Å². The predicted octanol–water partition coefficient (Wildman–Crippen LogP) is 2.00. The molecule has 0 aliphatic heterocycles. The average Bonchev–Trinajstić information content (AvgIpc) is 2.17. The Hall–Kier alpha value is -1.90. The number of hydrogen-bond donors (Lipinski definition) is 0. The summed E-state index contributed by atoms with van der Waals surface area (Å²) in [6, 6.07) is 6.17. The second-order valence-corrected chi connectivity index (χ2v) is 3.05. The first-order valence-electron chi connectivity index (χ1n) is 4.21. The van der Waals surface area contributed by atoms with Gasteiger partial charge in [0.15, 0.2) is 11.2 Å². The summed E-state index contributed by atoms with van der Waals surface area (Å²) in [6.07, 6.45) is 1.33. The minimum atomic E-state index is -0.0960. The Balaban J connectivity index is 2.80. The summed E-state index contributed by atoms with van der Waals surface area (Å²) in [7, 11) is 0. The van der Waals surface area contributed by atoms with Crippen molar-refractivity contribution in [3.8, 4) is 0 Å². The van der Waals surface area contributed by atoms with Crippen molar-refractivity contribution in [1.29, 1.82) is 0 Å². The van der Waals surface area contributed by atoms with Crippen molar-refractivity contribution in [1.82, 2.24) is 0 Å². The molecule has 1 aromatic carbocycles. The van der Waals surface area contributed by atoms with E-state index in [0.717, 1.165) is 0 Å². The number of ketones is 1. The molecule has 0 atom stereocenters. The van der Waals surface area contributed by atoms with Crippen molar-refractivity contribution in [2.45, 2.75) is 6.92 Å². The molecule has 70 valence electrons. The van der Waals surface area contributed by atoms with Gasteiger partial charge in [-0.25, -0.2) is 0 Å². The highest BCUT2D eigenvalue weighted by Crippen LogP contribution is 2.12. The third-order valence-electron chi connectivity index (χ3n) is 2.07. The van der Waals surface area contributed by atoms with Gasteiger partial charge < -0.3 is 4.42 Å². The van der Waals surface area contributed by atoms with E-state index in [1.165, 1.54) is 19.3 Å². The van der Waals surface area contributed by atoms with Gasteiger partial charge in [0.25, 0.3) is 0 Å². The average molecular weight is 188 g/mol. The second-order valence-electron chi connectivity index (χ2n) is 3.05. The van der Waals surface area contributed by atoms with E-state index in [1.54, 1.807) is 18.2 Å². The van der Waals surface area contributed by atoms with Gasteiger partial charge in [-0.15, -0.1) is 0 Å². The van der Waals surface area contributed by atoms with Crippen LogP contribution in [0.5, 0.6) is 0 Å². The standard InChI is InChI=1S/C11H8O3/c1-7(12)8-2-3-9-10(13)4-5-14-11(9)6-8/h2-6H,1H3. The SMILES string of the molecule is CC(=O)c1ccc2c(=O)ccoc2c1. The Bertz CT molecular complexity index is 552. The molecule has 0 amide bonds. The summed E-state index contributed by atoms with van der Waals surface area (Å²) in [5.41, 5.74) is 0.901. The number of carbonyl (C=O) groups excluding carboxylic acids is 1. The molecule has 0 aliphatic carbocycles. The first kappa shape index (κ1) is 8.69. The molecular formula is C11H8O3. The van der Waals surface area contributed by atoms with Crippen LogP contribution in [0.3, 0.4) is 0 Å². The van der Waals surface area contributed by atoms with Crippen LogP contribution in [-0.4, -0.2) is 5.78 Å². The molecule has 0 bridgehead atoms. The van der Waals surface area contributed by atoms with Crippen molar-refractivity contribution in [2.75, 3.05) is 0 Å². The molecule has 0 radical (unpaired) electrons. The van der Waals surface area contributed by atoms with Crippen LogP contribution in [0.25, 0.3) is 11.0 Å². The molecule has 3 heteroatoms. The zero-order valence-electron chi connectivity index (χ0n) is 7.61.